The van der Waals surface area contributed by atoms with E-state index < -0.39 is 0 Å². The predicted octanol–water partition coefficient (Wildman–Crippen LogP) is 3.12. The minimum atomic E-state index is -0.0985. The van der Waals surface area contributed by atoms with Gasteiger partial charge in [-0.1, -0.05) is 38.1 Å². The van der Waals surface area contributed by atoms with E-state index >= 15 is 0 Å². The van der Waals surface area contributed by atoms with Crippen LogP contribution in [0.2, 0.25) is 6.32 Å². The summed E-state index contributed by atoms with van der Waals surface area (Å²) in [7, 11) is 1.94. The third-order valence-electron chi connectivity index (χ3n) is 5.03. The largest absolute Gasteiger partial charge is 0.426 e. The SMILES string of the molecule is Cn1ccc(-c2cccc(B3CC(C)(C)C(C)(C)O3)c2)n1. The van der Waals surface area contributed by atoms with Crippen molar-refractivity contribution >= 4 is 12.4 Å². The smallest absolute Gasteiger partial charge is 0.327 e. The molecule has 2 heterocycles. The van der Waals surface area contributed by atoms with Crippen LogP contribution in [0.1, 0.15) is 27.7 Å². The van der Waals surface area contributed by atoms with Crippen molar-refractivity contribution < 1.29 is 4.65 Å². The van der Waals surface area contributed by atoms with E-state index in [9.17, 15) is 0 Å². The van der Waals surface area contributed by atoms with Crippen molar-refractivity contribution in [1.82, 2.24) is 9.78 Å². The lowest BCUT2D eigenvalue weighted by Crippen LogP contribution is -2.36. The van der Waals surface area contributed by atoms with Crippen molar-refractivity contribution in [3.63, 3.8) is 0 Å². The highest BCUT2D eigenvalue weighted by Crippen LogP contribution is 2.45. The molecule has 4 heteroatoms. The first kappa shape index (κ1) is 14.4. The van der Waals surface area contributed by atoms with Gasteiger partial charge in [0.15, 0.2) is 0 Å². The molecule has 0 amide bonds. The molecule has 0 radical (unpaired) electrons. The predicted molar refractivity (Wildman–Crippen MR) is 87.8 cm³/mol. The summed E-state index contributed by atoms with van der Waals surface area (Å²) in [5, 5.41) is 4.48. The van der Waals surface area contributed by atoms with Crippen LogP contribution in [0.15, 0.2) is 36.5 Å². The Morgan fingerprint density at radius 2 is 1.95 bits per heavy atom. The van der Waals surface area contributed by atoms with Gasteiger partial charge in [-0.25, -0.2) is 0 Å². The van der Waals surface area contributed by atoms with Crippen LogP contribution in [0.4, 0.5) is 0 Å². The molecule has 0 bridgehead atoms. The Kier molecular flexibility index (Phi) is 3.25. The third kappa shape index (κ3) is 2.53. The second-order valence-electron chi connectivity index (χ2n) is 7.20. The lowest BCUT2D eigenvalue weighted by molar-refractivity contribution is 0.0375. The number of hydrogen-bond donors (Lipinski definition) is 0. The van der Waals surface area contributed by atoms with Crippen LogP contribution in [0.5, 0.6) is 0 Å². The lowest BCUT2D eigenvalue weighted by atomic mass is 9.54. The molecule has 0 atom stereocenters. The fourth-order valence-electron chi connectivity index (χ4n) is 2.92. The van der Waals surface area contributed by atoms with Gasteiger partial charge in [0.1, 0.15) is 0 Å². The first-order valence-electron chi connectivity index (χ1n) is 7.56. The average Bonchev–Trinajstić information content (AvgIpc) is 2.92. The molecule has 1 aliphatic rings. The Hall–Kier alpha value is -1.55. The molecule has 1 aliphatic heterocycles. The molecular weight excluding hydrogens is 259 g/mol. The zero-order valence-electron chi connectivity index (χ0n) is 13.6. The topological polar surface area (TPSA) is 27.1 Å². The van der Waals surface area contributed by atoms with E-state index in [1.165, 1.54) is 5.46 Å². The number of rotatable bonds is 2. The molecule has 1 aromatic heterocycles. The minimum absolute atomic E-state index is 0.0985. The Balaban J connectivity index is 1.91. The number of aromatic nitrogens is 2. The molecule has 0 saturated carbocycles. The summed E-state index contributed by atoms with van der Waals surface area (Å²) in [4.78, 5) is 0. The van der Waals surface area contributed by atoms with Gasteiger partial charge in [0, 0.05) is 18.8 Å². The fourth-order valence-corrected chi connectivity index (χ4v) is 2.92. The normalized spacial score (nSPS) is 20.0. The zero-order chi connectivity index (χ0) is 15.3. The molecule has 21 heavy (non-hydrogen) atoms. The first-order chi connectivity index (χ1) is 9.78. The van der Waals surface area contributed by atoms with Crippen molar-refractivity contribution in [3.05, 3.63) is 36.5 Å². The van der Waals surface area contributed by atoms with E-state index in [4.69, 9.17) is 4.65 Å². The molecule has 1 aromatic carbocycles. The third-order valence-corrected chi connectivity index (χ3v) is 5.03. The highest BCUT2D eigenvalue weighted by molar-refractivity contribution is 6.68. The van der Waals surface area contributed by atoms with Crippen LogP contribution in [-0.2, 0) is 11.7 Å². The van der Waals surface area contributed by atoms with Gasteiger partial charge in [-0.05, 0) is 37.1 Å². The van der Waals surface area contributed by atoms with Gasteiger partial charge >= 0.3 is 6.92 Å². The minimum Gasteiger partial charge on any atom is -0.426 e. The lowest BCUT2D eigenvalue weighted by Gasteiger charge is -2.34. The van der Waals surface area contributed by atoms with Crippen molar-refractivity contribution in [2.75, 3.05) is 0 Å². The number of aryl methyl sites for hydroxylation is 1. The maximum atomic E-state index is 6.32. The van der Waals surface area contributed by atoms with Gasteiger partial charge in [-0.2, -0.15) is 5.10 Å². The molecule has 110 valence electrons. The van der Waals surface area contributed by atoms with Crippen LogP contribution in [0, 0.1) is 5.41 Å². The van der Waals surface area contributed by atoms with Crippen molar-refractivity contribution in [1.29, 1.82) is 0 Å². The van der Waals surface area contributed by atoms with Crippen LogP contribution in [0.3, 0.4) is 0 Å². The molecule has 1 saturated heterocycles. The van der Waals surface area contributed by atoms with Gasteiger partial charge in [0.25, 0.3) is 0 Å². The van der Waals surface area contributed by atoms with Crippen molar-refractivity contribution in [3.8, 4) is 11.3 Å². The van der Waals surface area contributed by atoms with Crippen LogP contribution < -0.4 is 5.46 Å². The van der Waals surface area contributed by atoms with E-state index in [2.05, 4.69) is 57.1 Å². The number of hydrogen-bond acceptors (Lipinski definition) is 2. The Bertz CT molecular complexity index is 644. The first-order valence-corrected chi connectivity index (χ1v) is 7.56. The fraction of sp³-hybridized carbons (Fsp3) is 0.471. The van der Waals surface area contributed by atoms with E-state index in [-0.39, 0.29) is 17.9 Å². The maximum absolute atomic E-state index is 6.32. The molecule has 3 rings (SSSR count). The second-order valence-corrected chi connectivity index (χ2v) is 7.20. The van der Waals surface area contributed by atoms with Gasteiger partial charge < -0.3 is 4.65 Å². The van der Waals surface area contributed by atoms with Crippen LogP contribution >= 0.6 is 0 Å². The molecule has 3 nitrogen and oxygen atoms in total. The molecule has 0 N–H and O–H groups in total. The monoisotopic (exact) mass is 282 g/mol. The molecule has 0 unspecified atom stereocenters. The highest BCUT2D eigenvalue weighted by Gasteiger charge is 2.49. The van der Waals surface area contributed by atoms with E-state index in [0.29, 0.717) is 0 Å². The van der Waals surface area contributed by atoms with Crippen molar-refractivity contribution in [2.24, 2.45) is 12.5 Å². The van der Waals surface area contributed by atoms with Crippen LogP contribution in [0.25, 0.3) is 11.3 Å². The summed E-state index contributed by atoms with van der Waals surface area (Å²) in [6.45, 7) is 9.12. The van der Waals surface area contributed by atoms with E-state index in [0.717, 1.165) is 17.6 Å². The van der Waals surface area contributed by atoms with E-state index in [1.807, 2.05) is 24.0 Å². The summed E-state index contributed by atoms with van der Waals surface area (Å²) >= 11 is 0. The number of nitrogens with zero attached hydrogens (tertiary/aromatic N) is 2. The molecule has 2 aromatic rings. The quantitative estimate of drug-likeness (QED) is 0.791. The van der Waals surface area contributed by atoms with Gasteiger partial charge in [-0.15, -0.1) is 0 Å². The van der Waals surface area contributed by atoms with Crippen molar-refractivity contribution in [2.45, 2.75) is 39.6 Å². The standard InChI is InChI=1S/C17H23BN2O/c1-16(2)12-18(21-17(16,3)4)14-8-6-7-13(11-14)15-9-10-20(5)19-15/h6-11H,12H2,1-5H3. The Morgan fingerprint density at radius 3 is 2.52 bits per heavy atom. The van der Waals surface area contributed by atoms with Gasteiger partial charge in [-0.3, -0.25) is 4.68 Å². The highest BCUT2D eigenvalue weighted by atomic mass is 16.5. The maximum Gasteiger partial charge on any atom is 0.327 e. The van der Waals surface area contributed by atoms with Gasteiger partial charge in [0.2, 0.25) is 0 Å². The Morgan fingerprint density at radius 1 is 1.19 bits per heavy atom. The second kappa shape index (κ2) is 4.74. The number of benzene rings is 1. The average molecular weight is 282 g/mol. The molecule has 1 fully saturated rings. The van der Waals surface area contributed by atoms with E-state index in [1.54, 1.807) is 0 Å². The summed E-state index contributed by atoms with van der Waals surface area (Å²) in [6.07, 6.45) is 3.02. The van der Waals surface area contributed by atoms with Crippen LogP contribution in [-0.4, -0.2) is 22.3 Å². The molecule has 0 spiro atoms. The summed E-state index contributed by atoms with van der Waals surface area (Å²) in [5.41, 5.74) is 3.49. The zero-order valence-corrected chi connectivity index (χ0v) is 13.6. The summed E-state index contributed by atoms with van der Waals surface area (Å²) < 4.78 is 8.15. The summed E-state index contributed by atoms with van der Waals surface area (Å²) in [6, 6.07) is 10.6. The molecular formula is C17H23BN2O. The Labute approximate surface area is 127 Å². The summed E-state index contributed by atoms with van der Waals surface area (Å²) in [5.74, 6) is 0. The van der Waals surface area contributed by atoms with Gasteiger partial charge in [0.05, 0.1) is 11.3 Å². The molecule has 0 aliphatic carbocycles.